The highest BCUT2D eigenvalue weighted by Gasteiger charge is 2.36. The number of para-hydroxylation sites is 1. The van der Waals surface area contributed by atoms with Gasteiger partial charge in [0.15, 0.2) is 0 Å². The van der Waals surface area contributed by atoms with Gasteiger partial charge in [0.2, 0.25) is 0 Å². The highest BCUT2D eigenvalue weighted by molar-refractivity contribution is 5.97. The van der Waals surface area contributed by atoms with E-state index in [9.17, 15) is 14.9 Å². The van der Waals surface area contributed by atoms with Crippen LogP contribution in [0.15, 0.2) is 48.5 Å². The first-order valence-corrected chi connectivity index (χ1v) is 8.84. The molecule has 0 spiro atoms. The molecule has 0 aromatic heterocycles. The van der Waals surface area contributed by atoms with Crippen LogP contribution in [0.4, 0.5) is 5.69 Å². The molecule has 28 heavy (non-hydrogen) atoms. The van der Waals surface area contributed by atoms with Crippen LogP contribution < -0.4 is 10.5 Å². The van der Waals surface area contributed by atoms with Gasteiger partial charge in [0.05, 0.1) is 10.5 Å². The molecule has 1 amide bonds. The van der Waals surface area contributed by atoms with Crippen molar-refractivity contribution in [3.05, 3.63) is 64.2 Å². The third-order valence-electron chi connectivity index (χ3n) is 4.97. The molecule has 0 bridgehead atoms. The minimum atomic E-state index is -0.515. The highest BCUT2D eigenvalue weighted by Crippen LogP contribution is 2.33. The summed E-state index contributed by atoms with van der Waals surface area (Å²) in [5, 5.41) is 11.2. The monoisotopic (exact) mass is 405 g/mol. The van der Waals surface area contributed by atoms with Crippen LogP contribution in [0.1, 0.15) is 30.6 Å². The molecule has 150 valence electrons. The standard InChI is InChI=1S/C20H23N3O4.ClH/c1-20(2)13-22(11-10-18(20)21)19(24)16-12-14(23(25)26)8-9-17(16)27-15-6-4-3-5-7-15;/h3-9,12,18H,10-11,13,21H2,1-2H3;1H. The molecule has 1 heterocycles. The second-order valence-electron chi connectivity index (χ2n) is 7.46. The Labute approximate surface area is 170 Å². The number of ether oxygens (including phenoxy) is 1. The number of hydrogen-bond acceptors (Lipinski definition) is 5. The second kappa shape index (κ2) is 8.58. The van der Waals surface area contributed by atoms with Gasteiger partial charge in [-0.1, -0.05) is 32.0 Å². The van der Waals surface area contributed by atoms with E-state index in [4.69, 9.17) is 10.5 Å². The fourth-order valence-corrected chi connectivity index (χ4v) is 3.22. The maximum Gasteiger partial charge on any atom is 0.270 e. The molecule has 8 heteroatoms. The van der Waals surface area contributed by atoms with E-state index in [0.717, 1.165) is 0 Å². The van der Waals surface area contributed by atoms with Crippen molar-refractivity contribution in [1.82, 2.24) is 4.90 Å². The van der Waals surface area contributed by atoms with Crippen molar-refractivity contribution in [2.75, 3.05) is 13.1 Å². The van der Waals surface area contributed by atoms with Crippen LogP contribution in [0.3, 0.4) is 0 Å². The Hall–Kier alpha value is -2.64. The van der Waals surface area contributed by atoms with Crippen LogP contribution in [0.5, 0.6) is 11.5 Å². The number of nitro groups is 1. The molecule has 7 nitrogen and oxygen atoms in total. The molecule has 2 N–H and O–H groups in total. The number of amides is 1. The van der Waals surface area contributed by atoms with Gasteiger partial charge in [0.25, 0.3) is 11.6 Å². The van der Waals surface area contributed by atoms with Crippen molar-refractivity contribution in [3.63, 3.8) is 0 Å². The number of nitrogens with two attached hydrogens (primary N) is 1. The number of nitrogens with zero attached hydrogens (tertiary/aromatic N) is 2. The van der Waals surface area contributed by atoms with Crippen LogP contribution in [0, 0.1) is 15.5 Å². The molecule has 2 aromatic carbocycles. The number of rotatable bonds is 4. The Bertz CT molecular complexity index is 858. The summed E-state index contributed by atoms with van der Waals surface area (Å²) in [5.74, 6) is 0.565. The molecule has 1 fully saturated rings. The quantitative estimate of drug-likeness (QED) is 0.612. The van der Waals surface area contributed by atoms with Crippen molar-refractivity contribution in [2.45, 2.75) is 26.3 Å². The van der Waals surface area contributed by atoms with Gasteiger partial charge >= 0.3 is 0 Å². The first-order chi connectivity index (χ1) is 12.8. The maximum absolute atomic E-state index is 13.2. The molecule has 2 aromatic rings. The maximum atomic E-state index is 13.2. The minimum absolute atomic E-state index is 0. The van der Waals surface area contributed by atoms with Gasteiger partial charge in [-0.25, -0.2) is 0 Å². The van der Waals surface area contributed by atoms with E-state index in [-0.39, 0.29) is 41.0 Å². The Morgan fingerprint density at radius 1 is 1.25 bits per heavy atom. The van der Waals surface area contributed by atoms with Gasteiger partial charge in [-0.15, -0.1) is 12.4 Å². The van der Waals surface area contributed by atoms with Crippen molar-refractivity contribution in [3.8, 4) is 11.5 Å². The van der Waals surface area contributed by atoms with Crippen molar-refractivity contribution in [2.24, 2.45) is 11.1 Å². The Morgan fingerprint density at radius 2 is 1.93 bits per heavy atom. The van der Waals surface area contributed by atoms with Gasteiger partial charge in [-0.2, -0.15) is 0 Å². The number of nitro benzene ring substituents is 1. The summed E-state index contributed by atoms with van der Waals surface area (Å²) in [7, 11) is 0. The minimum Gasteiger partial charge on any atom is -0.457 e. The van der Waals surface area contributed by atoms with Gasteiger partial charge in [-0.3, -0.25) is 14.9 Å². The zero-order chi connectivity index (χ0) is 19.6. The third kappa shape index (κ3) is 4.61. The van der Waals surface area contributed by atoms with Gasteiger partial charge in [-0.05, 0) is 30.0 Å². The van der Waals surface area contributed by atoms with E-state index in [1.54, 1.807) is 17.0 Å². The third-order valence-corrected chi connectivity index (χ3v) is 4.97. The second-order valence-corrected chi connectivity index (χ2v) is 7.46. The SMILES string of the molecule is CC1(C)CN(C(=O)c2cc([N+](=O)[O-])ccc2Oc2ccccc2)CCC1N.Cl. The smallest absolute Gasteiger partial charge is 0.270 e. The number of likely N-dealkylation sites (tertiary alicyclic amines) is 1. The molecule has 1 aliphatic heterocycles. The van der Waals surface area contributed by atoms with E-state index in [1.807, 2.05) is 32.0 Å². The van der Waals surface area contributed by atoms with E-state index in [1.165, 1.54) is 18.2 Å². The molecule has 0 radical (unpaired) electrons. The molecule has 1 saturated heterocycles. The molecule has 1 unspecified atom stereocenters. The molecular weight excluding hydrogens is 382 g/mol. The van der Waals surface area contributed by atoms with E-state index in [2.05, 4.69) is 0 Å². The normalized spacial score (nSPS) is 18.1. The van der Waals surface area contributed by atoms with E-state index in [0.29, 0.717) is 31.0 Å². The van der Waals surface area contributed by atoms with Crippen LogP contribution in [-0.2, 0) is 0 Å². The largest absolute Gasteiger partial charge is 0.457 e. The van der Waals surface area contributed by atoms with Crippen molar-refractivity contribution >= 4 is 24.0 Å². The fraction of sp³-hybridized carbons (Fsp3) is 0.350. The van der Waals surface area contributed by atoms with Gasteiger partial charge < -0.3 is 15.4 Å². The Balaban J connectivity index is 0.00000280. The Kier molecular flexibility index (Phi) is 6.64. The summed E-state index contributed by atoms with van der Waals surface area (Å²) in [4.78, 5) is 25.5. The average Bonchev–Trinajstić information content (AvgIpc) is 2.64. The van der Waals surface area contributed by atoms with Gasteiger partial charge in [0, 0.05) is 31.3 Å². The summed E-state index contributed by atoms with van der Waals surface area (Å²) in [6, 6.07) is 13.1. The topological polar surface area (TPSA) is 98.7 Å². The number of carbonyl (C=O) groups excluding carboxylic acids is 1. The first kappa shape index (κ1) is 21.7. The van der Waals surface area contributed by atoms with Crippen LogP contribution >= 0.6 is 12.4 Å². The molecule has 0 saturated carbocycles. The number of halogens is 1. The summed E-state index contributed by atoms with van der Waals surface area (Å²) in [5.41, 5.74) is 5.96. The molecular formula is C20H24ClN3O4. The molecule has 3 rings (SSSR count). The molecule has 1 aliphatic rings. The number of benzene rings is 2. The highest BCUT2D eigenvalue weighted by atomic mass is 35.5. The van der Waals surface area contributed by atoms with Crippen molar-refractivity contribution in [1.29, 1.82) is 0 Å². The lowest BCUT2D eigenvalue weighted by atomic mass is 9.79. The van der Waals surface area contributed by atoms with Crippen LogP contribution in [-0.4, -0.2) is 34.9 Å². The lowest BCUT2D eigenvalue weighted by Gasteiger charge is -2.42. The predicted octanol–water partition coefficient (Wildman–Crippen LogP) is 4.01. The predicted molar refractivity (Wildman–Crippen MR) is 109 cm³/mol. The number of carbonyl (C=O) groups is 1. The van der Waals surface area contributed by atoms with Crippen molar-refractivity contribution < 1.29 is 14.5 Å². The van der Waals surface area contributed by atoms with E-state index < -0.39 is 4.92 Å². The lowest BCUT2D eigenvalue weighted by molar-refractivity contribution is -0.384. The molecule has 1 atom stereocenters. The molecule has 0 aliphatic carbocycles. The number of non-ortho nitro benzene ring substituents is 1. The fourth-order valence-electron chi connectivity index (χ4n) is 3.22. The van der Waals surface area contributed by atoms with Crippen LogP contribution in [0.25, 0.3) is 0 Å². The number of piperidine rings is 1. The zero-order valence-corrected chi connectivity index (χ0v) is 16.6. The summed E-state index contributed by atoms with van der Waals surface area (Å²) >= 11 is 0. The zero-order valence-electron chi connectivity index (χ0n) is 15.8. The van der Waals surface area contributed by atoms with E-state index >= 15 is 0 Å². The summed E-state index contributed by atoms with van der Waals surface area (Å²) in [6.45, 7) is 5.04. The first-order valence-electron chi connectivity index (χ1n) is 8.84. The summed E-state index contributed by atoms with van der Waals surface area (Å²) < 4.78 is 5.83. The number of hydrogen-bond donors (Lipinski definition) is 1. The Morgan fingerprint density at radius 3 is 2.54 bits per heavy atom. The van der Waals surface area contributed by atoms with Crippen LogP contribution in [0.2, 0.25) is 0 Å². The van der Waals surface area contributed by atoms with Gasteiger partial charge in [0.1, 0.15) is 11.5 Å². The lowest BCUT2D eigenvalue weighted by Crippen LogP contribution is -2.54. The summed E-state index contributed by atoms with van der Waals surface area (Å²) in [6.07, 6.45) is 0.683. The average molecular weight is 406 g/mol.